The number of carbonyl (C=O) groups excluding carboxylic acids is 2. The normalized spacial score (nSPS) is 26.1. The van der Waals surface area contributed by atoms with Crippen LogP contribution in [0.5, 0.6) is 0 Å². The van der Waals surface area contributed by atoms with Crippen LogP contribution in [0.3, 0.4) is 0 Å². The number of morpholine rings is 1. The third-order valence-electron chi connectivity index (χ3n) is 3.42. The highest BCUT2D eigenvalue weighted by molar-refractivity contribution is 5.85. The van der Waals surface area contributed by atoms with E-state index in [1.807, 2.05) is 11.8 Å². The lowest BCUT2D eigenvalue weighted by atomic mass is 10.2. The molecule has 0 N–H and O–H groups in total. The Hall–Kier alpha value is -1.14. The molecule has 0 bridgehead atoms. The summed E-state index contributed by atoms with van der Waals surface area (Å²) < 4.78 is 10.4. The summed E-state index contributed by atoms with van der Waals surface area (Å²) in [4.78, 5) is 27.2. The third-order valence-corrected chi connectivity index (χ3v) is 3.42. The van der Waals surface area contributed by atoms with Crippen LogP contribution in [0.2, 0.25) is 0 Å². The molecule has 0 aromatic carbocycles. The summed E-state index contributed by atoms with van der Waals surface area (Å²) in [6.45, 7) is 5.17. The number of amides is 2. The second-order valence-corrected chi connectivity index (χ2v) is 4.71. The molecule has 0 aromatic rings. The minimum absolute atomic E-state index is 0.00301. The molecular formula is C12H20N2O4. The van der Waals surface area contributed by atoms with E-state index in [1.165, 1.54) is 0 Å². The lowest BCUT2D eigenvalue weighted by molar-refractivity contribution is -0.149. The fraction of sp³-hybridized carbons (Fsp3) is 0.833. The molecule has 1 unspecified atom stereocenters. The zero-order valence-corrected chi connectivity index (χ0v) is 10.8. The van der Waals surface area contributed by atoms with E-state index in [2.05, 4.69) is 0 Å². The molecule has 2 heterocycles. The summed E-state index contributed by atoms with van der Waals surface area (Å²) in [6.07, 6.45) is 0.850. The maximum atomic E-state index is 12.2. The Bertz CT molecular complexity index is 321. The van der Waals surface area contributed by atoms with Crippen molar-refractivity contribution in [3.63, 3.8) is 0 Å². The molecule has 6 heteroatoms. The molecule has 0 spiro atoms. The SMILES string of the molecule is CC1CCOCCN1C(=O)CN1CCOCC1=O. The maximum absolute atomic E-state index is 12.2. The van der Waals surface area contributed by atoms with Gasteiger partial charge in [-0.25, -0.2) is 0 Å². The Kier molecular flexibility index (Phi) is 4.54. The Morgan fingerprint density at radius 3 is 2.83 bits per heavy atom. The van der Waals surface area contributed by atoms with Crippen molar-refractivity contribution in [2.75, 3.05) is 46.1 Å². The van der Waals surface area contributed by atoms with Crippen molar-refractivity contribution in [3.8, 4) is 0 Å². The van der Waals surface area contributed by atoms with Gasteiger partial charge in [-0.2, -0.15) is 0 Å². The molecule has 2 amide bonds. The van der Waals surface area contributed by atoms with Crippen LogP contribution in [0, 0.1) is 0 Å². The Labute approximate surface area is 107 Å². The molecule has 6 nitrogen and oxygen atoms in total. The minimum Gasteiger partial charge on any atom is -0.380 e. The van der Waals surface area contributed by atoms with Crippen molar-refractivity contribution in [2.24, 2.45) is 0 Å². The van der Waals surface area contributed by atoms with Gasteiger partial charge in [-0.3, -0.25) is 9.59 Å². The van der Waals surface area contributed by atoms with Gasteiger partial charge in [-0.1, -0.05) is 0 Å². The monoisotopic (exact) mass is 256 g/mol. The van der Waals surface area contributed by atoms with Crippen LogP contribution in [0.4, 0.5) is 0 Å². The zero-order valence-electron chi connectivity index (χ0n) is 10.8. The fourth-order valence-corrected chi connectivity index (χ4v) is 2.24. The molecule has 2 fully saturated rings. The fourth-order valence-electron chi connectivity index (χ4n) is 2.24. The van der Waals surface area contributed by atoms with E-state index in [9.17, 15) is 9.59 Å². The molecule has 2 rings (SSSR count). The van der Waals surface area contributed by atoms with E-state index in [-0.39, 0.29) is 31.0 Å². The van der Waals surface area contributed by atoms with Crippen molar-refractivity contribution in [3.05, 3.63) is 0 Å². The molecule has 0 radical (unpaired) electrons. The van der Waals surface area contributed by atoms with Crippen LogP contribution in [-0.4, -0.2) is 73.7 Å². The third kappa shape index (κ3) is 3.20. The van der Waals surface area contributed by atoms with Gasteiger partial charge in [0.25, 0.3) is 0 Å². The van der Waals surface area contributed by atoms with Crippen LogP contribution in [0.25, 0.3) is 0 Å². The van der Waals surface area contributed by atoms with Crippen molar-refractivity contribution < 1.29 is 19.1 Å². The van der Waals surface area contributed by atoms with Crippen molar-refractivity contribution in [1.82, 2.24) is 9.80 Å². The van der Waals surface area contributed by atoms with Crippen LogP contribution in [0.15, 0.2) is 0 Å². The molecule has 1 atom stereocenters. The Morgan fingerprint density at radius 1 is 1.28 bits per heavy atom. The second-order valence-electron chi connectivity index (χ2n) is 4.71. The predicted octanol–water partition coefficient (Wildman–Crippen LogP) is -0.517. The minimum atomic E-state index is -0.103. The van der Waals surface area contributed by atoms with Gasteiger partial charge in [-0.15, -0.1) is 0 Å². The first-order chi connectivity index (χ1) is 8.68. The first kappa shape index (κ1) is 13.3. The lowest BCUT2D eigenvalue weighted by Gasteiger charge is -2.31. The number of nitrogens with zero attached hydrogens (tertiary/aromatic N) is 2. The van der Waals surface area contributed by atoms with E-state index in [1.54, 1.807) is 4.90 Å². The van der Waals surface area contributed by atoms with Crippen LogP contribution in [0.1, 0.15) is 13.3 Å². The molecule has 0 aliphatic carbocycles. The topological polar surface area (TPSA) is 59.1 Å². The van der Waals surface area contributed by atoms with Crippen molar-refractivity contribution in [2.45, 2.75) is 19.4 Å². The summed E-state index contributed by atoms with van der Waals surface area (Å²) in [6, 6.07) is 0.177. The van der Waals surface area contributed by atoms with Crippen molar-refractivity contribution >= 4 is 11.8 Å². The molecule has 18 heavy (non-hydrogen) atoms. The van der Waals surface area contributed by atoms with Gasteiger partial charge in [0.1, 0.15) is 6.61 Å². The summed E-state index contributed by atoms with van der Waals surface area (Å²) in [5.41, 5.74) is 0. The number of hydrogen-bond acceptors (Lipinski definition) is 4. The predicted molar refractivity (Wildman–Crippen MR) is 64.0 cm³/mol. The van der Waals surface area contributed by atoms with E-state index >= 15 is 0 Å². The molecule has 2 saturated heterocycles. The molecule has 0 aromatic heterocycles. The first-order valence-corrected chi connectivity index (χ1v) is 6.41. The van der Waals surface area contributed by atoms with Gasteiger partial charge >= 0.3 is 0 Å². The molecular weight excluding hydrogens is 236 g/mol. The number of ether oxygens (including phenoxy) is 2. The van der Waals surface area contributed by atoms with Gasteiger partial charge in [-0.05, 0) is 13.3 Å². The number of hydrogen-bond donors (Lipinski definition) is 0. The smallest absolute Gasteiger partial charge is 0.249 e. The summed E-state index contributed by atoms with van der Waals surface area (Å²) >= 11 is 0. The highest BCUT2D eigenvalue weighted by Gasteiger charge is 2.27. The van der Waals surface area contributed by atoms with E-state index in [0.717, 1.165) is 6.42 Å². The summed E-state index contributed by atoms with van der Waals surface area (Å²) in [5, 5.41) is 0. The Morgan fingerprint density at radius 2 is 2.06 bits per heavy atom. The molecule has 2 aliphatic rings. The van der Waals surface area contributed by atoms with Gasteiger partial charge in [0, 0.05) is 25.7 Å². The van der Waals surface area contributed by atoms with Gasteiger partial charge in [0.05, 0.1) is 19.8 Å². The van der Waals surface area contributed by atoms with E-state index in [0.29, 0.717) is 32.9 Å². The molecule has 2 aliphatic heterocycles. The summed E-state index contributed by atoms with van der Waals surface area (Å²) in [5.74, 6) is -0.100. The summed E-state index contributed by atoms with van der Waals surface area (Å²) in [7, 11) is 0. The number of carbonyl (C=O) groups is 2. The van der Waals surface area contributed by atoms with E-state index < -0.39 is 0 Å². The standard InChI is InChI=1S/C12H20N2O4/c1-10-2-5-17-7-4-14(10)11(15)8-13-3-6-18-9-12(13)16/h10H,2-9H2,1H3. The Balaban J connectivity index is 1.91. The van der Waals surface area contributed by atoms with Crippen LogP contribution < -0.4 is 0 Å². The quantitative estimate of drug-likeness (QED) is 0.667. The molecule has 102 valence electrons. The highest BCUT2D eigenvalue weighted by atomic mass is 16.5. The molecule has 0 saturated carbocycles. The first-order valence-electron chi connectivity index (χ1n) is 6.41. The van der Waals surface area contributed by atoms with Gasteiger partial charge in [0.2, 0.25) is 11.8 Å². The number of rotatable bonds is 2. The largest absolute Gasteiger partial charge is 0.380 e. The zero-order chi connectivity index (χ0) is 13.0. The average molecular weight is 256 g/mol. The van der Waals surface area contributed by atoms with Gasteiger partial charge < -0.3 is 19.3 Å². The maximum Gasteiger partial charge on any atom is 0.249 e. The van der Waals surface area contributed by atoms with Crippen LogP contribution >= 0.6 is 0 Å². The van der Waals surface area contributed by atoms with E-state index in [4.69, 9.17) is 9.47 Å². The van der Waals surface area contributed by atoms with Crippen molar-refractivity contribution in [1.29, 1.82) is 0 Å². The van der Waals surface area contributed by atoms with Gasteiger partial charge in [0.15, 0.2) is 0 Å². The van der Waals surface area contributed by atoms with Crippen LogP contribution in [-0.2, 0) is 19.1 Å². The lowest BCUT2D eigenvalue weighted by Crippen LogP contribution is -2.50. The average Bonchev–Trinajstić information content (AvgIpc) is 2.57. The highest BCUT2D eigenvalue weighted by Crippen LogP contribution is 2.10. The second kappa shape index (κ2) is 6.15.